The molecule has 0 aliphatic carbocycles. The monoisotopic (exact) mass is 295 g/mol. The summed E-state index contributed by atoms with van der Waals surface area (Å²) in [4.78, 5) is 13.5. The van der Waals surface area contributed by atoms with Crippen molar-refractivity contribution in [3.05, 3.63) is 70.2 Å². The zero-order chi connectivity index (χ0) is 14.7. The van der Waals surface area contributed by atoms with Crippen molar-refractivity contribution in [2.24, 2.45) is 0 Å². The first-order valence-corrected chi connectivity index (χ1v) is 6.29. The van der Waals surface area contributed by atoms with Crippen LogP contribution in [0.25, 0.3) is 0 Å². The van der Waals surface area contributed by atoms with Crippen LogP contribution in [0.4, 0.5) is 8.78 Å². The molecule has 0 aliphatic heterocycles. The van der Waals surface area contributed by atoms with Gasteiger partial charge in [-0.25, -0.2) is 8.78 Å². The van der Waals surface area contributed by atoms with E-state index in [1.165, 1.54) is 4.90 Å². The Hall–Kier alpha value is -1.94. The van der Waals surface area contributed by atoms with E-state index in [2.05, 4.69) is 0 Å². The largest absolute Gasteiger partial charge is 0.337 e. The first-order valence-electron chi connectivity index (χ1n) is 5.92. The van der Waals surface area contributed by atoms with Gasteiger partial charge in [0.25, 0.3) is 5.91 Å². The second-order valence-electron chi connectivity index (χ2n) is 4.45. The fraction of sp³-hybridized carbons (Fsp3) is 0.133. The molecule has 2 aromatic carbocycles. The standard InChI is InChI=1S/C15H12ClF2NO/c1-19(9-10-3-2-4-12(16)5-10)15(20)11-6-13(17)8-14(18)7-11/h2-8H,9H2,1H3. The molecule has 2 rings (SSSR count). The molecule has 5 heteroatoms. The molecule has 0 fully saturated rings. The van der Waals surface area contributed by atoms with Gasteiger partial charge in [0.2, 0.25) is 0 Å². The topological polar surface area (TPSA) is 20.3 Å². The number of halogens is 3. The van der Waals surface area contributed by atoms with Gasteiger partial charge in [-0.2, -0.15) is 0 Å². The van der Waals surface area contributed by atoms with E-state index in [1.807, 2.05) is 6.07 Å². The number of benzene rings is 2. The maximum atomic E-state index is 13.1. The average molecular weight is 296 g/mol. The third-order valence-corrected chi connectivity index (χ3v) is 3.00. The predicted octanol–water partition coefficient (Wildman–Crippen LogP) is 3.89. The summed E-state index contributed by atoms with van der Waals surface area (Å²) in [5, 5.41) is 0.570. The van der Waals surface area contributed by atoms with Crippen LogP contribution in [0.2, 0.25) is 5.02 Å². The Labute approximate surface area is 120 Å². The van der Waals surface area contributed by atoms with Crippen LogP contribution in [0.5, 0.6) is 0 Å². The lowest BCUT2D eigenvalue weighted by Crippen LogP contribution is -2.26. The van der Waals surface area contributed by atoms with E-state index in [1.54, 1.807) is 25.2 Å². The Morgan fingerprint density at radius 1 is 1.15 bits per heavy atom. The van der Waals surface area contributed by atoms with Gasteiger partial charge < -0.3 is 4.90 Å². The number of rotatable bonds is 3. The molecule has 0 aliphatic rings. The van der Waals surface area contributed by atoms with E-state index in [0.717, 1.165) is 23.8 Å². The van der Waals surface area contributed by atoms with Gasteiger partial charge in [-0.3, -0.25) is 4.79 Å². The molecular weight excluding hydrogens is 284 g/mol. The second kappa shape index (κ2) is 6.01. The van der Waals surface area contributed by atoms with Gasteiger partial charge in [0.05, 0.1) is 0 Å². The maximum absolute atomic E-state index is 13.1. The SMILES string of the molecule is CN(Cc1cccc(Cl)c1)C(=O)c1cc(F)cc(F)c1. The minimum absolute atomic E-state index is 0.0213. The van der Waals surface area contributed by atoms with Crippen molar-refractivity contribution in [3.8, 4) is 0 Å². The molecule has 2 nitrogen and oxygen atoms in total. The minimum Gasteiger partial charge on any atom is -0.337 e. The highest BCUT2D eigenvalue weighted by Gasteiger charge is 2.14. The molecular formula is C15H12ClF2NO. The molecule has 0 saturated carbocycles. The Morgan fingerprint density at radius 3 is 2.40 bits per heavy atom. The van der Waals surface area contributed by atoms with Crippen molar-refractivity contribution in [2.45, 2.75) is 6.54 Å². The van der Waals surface area contributed by atoms with E-state index in [4.69, 9.17) is 11.6 Å². The zero-order valence-electron chi connectivity index (χ0n) is 10.7. The normalized spacial score (nSPS) is 10.4. The van der Waals surface area contributed by atoms with Crippen LogP contribution >= 0.6 is 11.6 Å². The van der Waals surface area contributed by atoms with E-state index in [0.29, 0.717) is 11.6 Å². The third-order valence-electron chi connectivity index (χ3n) is 2.76. The molecule has 0 saturated heterocycles. The van der Waals surface area contributed by atoms with Gasteiger partial charge in [-0.1, -0.05) is 23.7 Å². The van der Waals surface area contributed by atoms with Crippen LogP contribution in [-0.2, 0) is 6.54 Å². The lowest BCUT2D eigenvalue weighted by atomic mass is 10.1. The van der Waals surface area contributed by atoms with E-state index in [9.17, 15) is 13.6 Å². The summed E-state index contributed by atoms with van der Waals surface area (Å²) in [6.07, 6.45) is 0. The van der Waals surface area contributed by atoms with Crippen molar-refractivity contribution in [2.75, 3.05) is 7.05 Å². The first-order chi connectivity index (χ1) is 9.45. The number of hydrogen-bond donors (Lipinski definition) is 0. The zero-order valence-corrected chi connectivity index (χ0v) is 11.5. The summed E-state index contributed by atoms with van der Waals surface area (Å²) >= 11 is 5.86. The Kier molecular flexibility index (Phi) is 4.35. The summed E-state index contributed by atoms with van der Waals surface area (Å²) in [7, 11) is 1.56. The maximum Gasteiger partial charge on any atom is 0.254 e. The number of carbonyl (C=O) groups excluding carboxylic acids is 1. The fourth-order valence-electron chi connectivity index (χ4n) is 1.88. The molecule has 1 amide bonds. The van der Waals surface area contributed by atoms with Crippen LogP contribution < -0.4 is 0 Å². The first kappa shape index (κ1) is 14.5. The molecule has 0 bridgehead atoms. The Bertz CT molecular complexity index is 625. The lowest BCUT2D eigenvalue weighted by Gasteiger charge is -2.17. The van der Waals surface area contributed by atoms with Crippen molar-refractivity contribution in [1.82, 2.24) is 4.90 Å². The summed E-state index contributed by atoms with van der Waals surface area (Å²) in [5.74, 6) is -2.00. The Balaban J connectivity index is 2.16. The summed E-state index contributed by atoms with van der Waals surface area (Å²) in [6, 6.07) is 9.82. The molecule has 2 aromatic rings. The van der Waals surface area contributed by atoms with Crippen LogP contribution in [0.3, 0.4) is 0 Å². The summed E-state index contributed by atoms with van der Waals surface area (Å²) < 4.78 is 26.2. The summed E-state index contributed by atoms with van der Waals surface area (Å²) in [5.41, 5.74) is 0.817. The molecule has 20 heavy (non-hydrogen) atoms. The number of carbonyl (C=O) groups is 1. The van der Waals surface area contributed by atoms with Crippen molar-refractivity contribution in [3.63, 3.8) is 0 Å². The van der Waals surface area contributed by atoms with Crippen LogP contribution in [0.1, 0.15) is 15.9 Å². The molecule has 0 atom stereocenters. The van der Waals surface area contributed by atoms with Crippen LogP contribution in [0, 0.1) is 11.6 Å². The average Bonchev–Trinajstić information content (AvgIpc) is 2.36. The molecule has 0 unspecified atom stereocenters. The molecule has 0 spiro atoms. The molecule has 0 radical (unpaired) electrons. The smallest absolute Gasteiger partial charge is 0.254 e. The Morgan fingerprint density at radius 2 is 1.80 bits per heavy atom. The number of hydrogen-bond acceptors (Lipinski definition) is 1. The van der Waals surface area contributed by atoms with Gasteiger partial charge in [-0.05, 0) is 29.8 Å². The number of amides is 1. The van der Waals surface area contributed by atoms with Gasteiger partial charge in [0.1, 0.15) is 11.6 Å². The minimum atomic E-state index is -0.774. The van der Waals surface area contributed by atoms with Gasteiger partial charge in [0, 0.05) is 30.2 Å². The molecule has 104 valence electrons. The van der Waals surface area contributed by atoms with Crippen molar-refractivity contribution < 1.29 is 13.6 Å². The highest BCUT2D eigenvalue weighted by molar-refractivity contribution is 6.30. The lowest BCUT2D eigenvalue weighted by molar-refractivity contribution is 0.0784. The van der Waals surface area contributed by atoms with Gasteiger partial charge >= 0.3 is 0 Å². The van der Waals surface area contributed by atoms with Crippen LogP contribution in [0.15, 0.2) is 42.5 Å². The van der Waals surface area contributed by atoms with Gasteiger partial charge in [0.15, 0.2) is 0 Å². The van der Waals surface area contributed by atoms with E-state index in [-0.39, 0.29) is 5.56 Å². The molecule has 0 aromatic heterocycles. The van der Waals surface area contributed by atoms with Crippen molar-refractivity contribution >= 4 is 17.5 Å². The van der Waals surface area contributed by atoms with Gasteiger partial charge in [-0.15, -0.1) is 0 Å². The molecule has 0 heterocycles. The quantitative estimate of drug-likeness (QED) is 0.841. The van der Waals surface area contributed by atoms with Crippen molar-refractivity contribution in [1.29, 1.82) is 0 Å². The third kappa shape index (κ3) is 3.54. The molecule has 0 N–H and O–H groups in total. The van der Waals surface area contributed by atoms with E-state index >= 15 is 0 Å². The predicted molar refractivity (Wildman–Crippen MR) is 73.6 cm³/mol. The summed E-state index contributed by atoms with van der Waals surface area (Å²) in [6.45, 7) is 0.303. The second-order valence-corrected chi connectivity index (χ2v) is 4.89. The fourth-order valence-corrected chi connectivity index (χ4v) is 2.09. The highest BCUT2D eigenvalue weighted by atomic mass is 35.5. The van der Waals surface area contributed by atoms with E-state index < -0.39 is 17.5 Å². The highest BCUT2D eigenvalue weighted by Crippen LogP contribution is 2.15. The van der Waals surface area contributed by atoms with Crippen LogP contribution in [-0.4, -0.2) is 17.9 Å². The number of nitrogens with zero attached hydrogens (tertiary/aromatic N) is 1.